The highest BCUT2D eigenvalue weighted by Gasteiger charge is 2.21. The summed E-state index contributed by atoms with van der Waals surface area (Å²) in [5.74, 6) is -0.172. The Kier molecular flexibility index (Phi) is 3.97. The van der Waals surface area contributed by atoms with Crippen LogP contribution in [0, 0.1) is 5.82 Å². The topological polar surface area (TPSA) is 0 Å². The van der Waals surface area contributed by atoms with Crippen molar-refractivity contribution in [1.29, 1.82) is 0 Å². The first kappa shape index (κ1) is 16.1. The maximum absolute atomic E-state index is 13.5. The molecule has 0 amide bonds. The largest absolute Gasteiger partial charge is 0.223 e. The molecular formula is C21H23FS. The van der Waals surface area contributed by atoms with E-state index in [9.17, 15) is 4.39 Å². The summed E-state index contributed by atoms with van der Waals surface area (Å²) in [6.07, 6.45) is 9.12. The summed E-state index contributed by atoms with van der Waals surface area (Å²) < 4.78 is 13.5. The molecule has 0 atom stereocenters. The minimum absolute atomic E-state index is 0.172. The summed E-state index contributed by atoms with van der Waals surface area (Å²) in [4.78, 5) is 1.41. The molecule has 0 bridgehead atoms. The van der Waals surface area contributed by atoms with Crippen molar-refractivity contribution in [3.05, 3.63) is 70.5 Å². The van der Waals surface area contributed by atoms with Crippen molar-refractivity contribution in [2.45, 2.75) is 18.7 Å². The molecule has 0 unspecified atom stereocenters. The molecule has 0 N–H and O–H groups in total. The summed E-state index contributed by atoms with van der Waals surface area (Å²) in [5.41, 5.74) is 6.94. The zero-order valence-corrected chi connectivity index (χ0v) is 15.2. The van der Waals surface area contributed by atoms with Gasteiger partial charge in [0, 0.05) is 0 Å². The van der Waals surface area contributed by atoms with Crippen LogP contribution in [0.25, 0.3) is 17.2 Å². The molecule has 0 radical (unpaired) electrons. The lowest BCUT2D eigenvalue weighted by Gasteiger charge is -2.25. The molecule has 2 heteroatoms. The van der Waals surface area contributed by atoms with Gasteiger partial charge in [-0.05, 0) is 101 Å². The molecule has 2 aromatic rings. The number of halogens is 1. The molecule has 1 aliphatic rings. The quantitative estimate of drug-likeness (QED) is 0.614. The number of benzene rings is 2. The smallest absolute Gasteiger partial charge is 0.123 e. The second-order valence-electron chi connectivity index (χ2n) is 6.90. The molecule has 0 saturated heterocycles. The van der Waals surface area contributed by atoms with E-state index in [-0.39, 0.29) is 5.82 Å². The van der Waals surface area contributed by atoms with E-state index < -0.39 is 10.0 Å². The zero-order chi connectivity index (χ0) is 16.8. The van der Waals surface area contributed by atoms with Crippen LogP contribution >= 0.6 is 10.0 Å². The van der Waals surface area contributed by atoms with Crippen molar-refractivity contribution in [3.63, 3.8) is 0 Å². The molecule has 23 heavy (non-hydrogen) atoms. The van der Waals surface area contributed by atoms with Crippen molar-refractivity contribution in [2.75, 3.05) is 18.8 Å². The van der Waals surface area contributed by atoms with Crippen LogP contribution in [0.15, 0.2) is 52.9 Å². The molecular weight excluding hydrogens is 303 g/mol. The van der Waals surface area contributed by atoms with Crippen molar-refractivity contribution < 1.29 is 4.39 Å². The van der Waals surface area contributed by atoms with Crippen LogP contribution in [0.5, 0.6) is 0 Å². The molecule has 3 rings (SSSR count). The second kappa shape index (κ2) is 5.68. The number of hydrogen-bond donors (Lipinski definition) is 0. The summed E-state index contributed by atoms with van der Waals surface area (Å²) in [6, 6.07) is 13.9. The molecule has 0 spiro atoms. The Bertz CT molecular complexity index is 818. The fourth-order valence-corrected chi connectivity index (χ4v) is 3.95. The highest BCUT2D eigenvalue weighted by atomic mass is 32.3. The minimum atomic E-state index is -0.691. The molecule has 0 saturated carbocycles. The van der Waals surface area contributed by atoms with E-state index in [0.29, 0.717) is 0 Å². The monoisotopic (exact) mass is 326 g/mol. The molecule has 0 fully saturated rings. The summed E-state index contributed by atoms with van der Waals surface area (Å²) in [6.45, 7) is 4.19. The van der Waals surface area contributed by atoms with Crippen LogP contribution in [-0.4, -0.2) is 18.8 Å². The Balaban J connectivity index is 2.04. The fraction of sp³-hybridized carbons (Fsp3) is 0.238. The van der Waals surface area contributed by atoms with Crippen LogP contribution in [0.4, 0.5) is 4.39 Å². The number of hydrogen-bond acceptors (Lipinski definition) is 0. The number of allylic oxidation sites excluding steroid dienone is 3. The van der Waals surface area contributed by atoms with Gasteiger partial charge >= 0.3 is 0 Å². The Morgan fingerprint density at radius 2 is 1.48 bits per heavy atom. The van der Waals surface area contributed by atoms with Crippen molar-refractivity contribution in [3.8, 4) is 0 Å². The third kappa shape index (κ3) is 3.00. The van der Waals surface area contributed by atoms with E-state index in [2.05, 4.69) is 63.0 Å². The van der Waals surface area contributed by atoms with Gasteiger partial charge in [-0.15, -0.1) is 0 Å². The predicted octanol–water partition coefficient (Wildman–Crippen LogP) is 6.23. The third-order valence-corrected chi connectivity index (χ3v) is 6.23. The molecule has 0 aliphatic heterocycles. The SMILES string of the molecule is CC1=C(C)c2cc(F)ccc2/C1=C\c1ccc(S(C)(C)C)cc1. The molecule has 2 aromatic carbocycles. The molecule has 0 aromatic heterocycles. The maximum Gasteiger partial charge on any atom is 0.123 e. The first-order valence-electron chi connectivity index (χ1n) is 7.75. The first-order valence-corrected chi connectivity index (χ1v) is 10.6. The van der Waals surface area contributed by atoms with Gasteiger partial charge in [-0.1, -0.05) is 18.2 Å². The Morgan fingerprint density at radius 1 is 0.826 bits per heavy atom. The van der Waals surface area contributed by atoms with E-state index in [0.717, 1.165) is 11.1 Å². The van der Waals surface area contributed by atoms with Crippen LogP contribution in [-0.2, 0) is 0 Å². The van der Waals surface area contributed by atoms with E-state index in [1.54, 1.807) is 12.1 Å². The predicted molar refractivity (Wildman–Crippen MR) is 103 cm³/mol. The molecule has 0 nitrogen and oxygen atoms in total. The van der Waals surface area contributed by atoms with Gasteiger partial charge in [0.1, 0.15) is 5.82 Å². The van der Waals surface area contributed by atoms with Crippen LogP contribution in [0.2, 0.25) is 0 Å². The zero-order valence-electron chi connectivity index (χ0n) is 14.4. The van der Waals surface area contributed by atoms with E-state index in [1.807, 2.05) is 6.07 Å². The lowest BCUT2D eigenvalue weighted by molar-refractivity contribution is 0.627. The minimum Gasteiger partial charge on any atom is -0.223 e. The summed E-state index contributed by atoms with van der Waals surface area (Å²) >= 11 is 0. The standard InChI is InChI=1S/C21H23FS/c1-14-15(2)21-13-17(22)8-11-19(21)20(14)12-16-6-9-18(10-7-16)23(3,4)5/h6-13H,1-5H3/b20-12-. The lowest BCUT2D eigenvalue weighted by Crippen LogP contribution is -1.92. The second-order valence-corrected chi connectivity index (χ2v) is 11.0. The third-order valence-electron chi connectivity index (χ3n) is 4.54. The average molecular weight is 326 g/mol. The van der Waals surface area contributed by atoms with E-state index in [1.165, 1.54) is 27.2 Å². The number of fused-ring (bicyclic) bond motifs is 1. The Labute approximate surface area is 140 Å². The Morgan fingerprint density at radius 3 is 2.09 bits per heavy atom. The van der Waals surface area contributed by atoms with E-state index in [4.69, 9.17) is 0 Å². The van der Waals surface area contributed by atoms with Crippen LogP contribution in [0.1, 0.15) is 30.5 Å². The van der Waals surface area contributed by atoms with Gasteiger partial charge in [0.15, 0.2) is 0 Å². The van der Waals surface area contributed by atoms with Gasteiger partial charge in [0.25, 0.3) is 0 Å². The van der Waals surface area contributed by atoms with Crippen molar-refractivity contribution in [2.24, 2.45) is 0 Å². The molecule has 1 aliphatic carbocycles. The van der Waals surface area contributed by atoms with Crippen LogP contribution < -0.4 is 0 Å². The van der Waals surface area contributed by atoms with Gasteiger partial charge in [-0.2, -0.15) is 0 Å². The van der Waals surface area contributed by atoms with Crippen LogP contribution in [0.3, 0.4) is 0 Å². The Hall–Kier alpha value is -1.80. The number of rotatable bonds is 2. The van der Waals surface area contributed by atoms with Crippen molar-refractivity contribution >= 4 is 27.3 Å². The highest BCUT2D eigenvalue weighted by molar-refractivity contribution is 8.32. The summed E-state index contributed by atoms with van der Waals surface area (Å²) in [7, 11) is -0.691. The molecule has 120 valence electrons. The lowest BCUT2D eigenvalue weighted by atomic mass is 10.0. The maximum atomic E-state index is 13.5. The normalized spacial score (nSPS) is 16.9. The van der Waals surface area contributed by atoms with Gasteiger partial charge in [-0.25, -0.2) is 14.4 Å². The summed E-state index contributed by atoms with van der Waals surface area (Å²) in [5, 5.41) is 0. The first-order chi connectivity index (χ1) is 10.8. The fourth-order valence-electron chi connectivity index (χ4n) is 2.99. The highest BCUT2D eigenvalue weighted by Crippen LogP contribution is 2.45. The van der Waals surface area contributed by atoms with E-state index >= 15 is 0 Å². The average Bonchev–Trinajstić information content (AvgIpc) is 2.72. The molecule has 0 heterocycles. The van der Waals surface area contributed by atoms with Crippen molar-refractivity contribution in [1.82, 2.24) is 0 Å². The van der Waals surface area contributed by atoms with Gasteiger partial charge in [0.2, 0.25) is 0 Å². The van der Waals surface area contributed by atoms with Gasteiger partial charge in [-0.3, -0.25) is 0 Å². The van der Waals surface area contributed by atoms with Gasteiger partial charge < -0.3 is 0 Å². The van der Waals surface area contributed by atoms with Gasteiger partial charge in [0.05, 0.1) is 0 Å².